The van der Waals surface area contributed by atoms with E-state index in [4.69, 9.17) is 5.11 Å². The number of aliphatic hydroxyl groups excluding tert-OH is 1. The Bertz CT molecular complexity index is 810. The molecule has 3 fully saturated rings. The SMILES string of the molecule is CNC(=O)[C@@H]1[C@H]2C(=O)N(CCCCCCO)C(C(=O)NC(C)(C)CC(C)(C)C)C23CC[C@@]1(C)S3. The molecule has 3 saturated heterocycles. The molecule has 3 aliphatic heterocycles. The molecule has 3 aliphatic rings. The summed E-state index contributed by atoms with van der Waals surface area (Å²) >= 11 is 1.72. The number of carbonyl (C=O) groups excluding carboxylic acids is 3. The van der Waals surface area contributed by atoms with Gasteiger partial charge in [-0.05, 0) is 58.3 Å². The zero-order valence-electron chi connectivity index (χ0n) is 22.1. The summed E-state index contributed by atoms with van der Waals surface area (Å²) in [6.45, 7) is 13.4. The van der Waals surface area contributed by atoms with Crippen molar-refractivity contribution in [3.63, 3.8) is 0 Å². The van der Waals surface area contributed by atoms with Crippen molar-refractivity contribution in [2.24, 2.45) is 17.3 Å². The van der Waals surface area contributed by atoms with Crippen LogP contribution in [0.3, 0.4) is 0 Å². The van der Waals surface area contributed by atoms with Crippen LogP contribution in [0.1, 0.15) is 86.5 Å². The van der Waals surface area contributed by atoms with Gasteiger partial charge >= 0.3 is 0 Å². The average Bonchev–Trinajstić information content (AvgIpc) is 3.26. The van der Waals surface area contributed by atoms with E-state index in [1.165, 1.54) is 0 Å². The molecule has 8 heteroatoms. The van der Waals surface area contributed by atoms with Crippen molar-refractivity contribution in [1.29, 1.82) is 0 Å². The van der Waals surface area contributed by atoms with Crippen LogP contribution in [0.25, 0.3) is 0 Å². The van der Waals surface area contributed by atoms with E-state index in [0.29, 0.717) is 6.54 Å². The second-order valence-electron chi connectivity index (χ2n) is 12.6. The van der Waals surface area contributed by atoms with Crippen LogP contribution in [0.2, 0.25) is 0 Å². The highest BCUT2D eigenvalue weighted by molar-refractivity contribution is 8.02. The monoisotopic (exact) mass is 495 g/mol. The fourth-order valence-electron chi connectivity index (χ4n) is 7.04. The smallest absolute Gasteiger partial charge is 0.244 e. The largest absolute Gasteiger partial charge is 0.396 e. The molecule has 5 atom stereocenters. The standard InChI is InChI=1S/C26H45N3O4S/c1-23(2,3)16-24(4,5)28-21(32)19-26-13-12-25(6,34-26)17(20(31)27-7)18(26)22(33)29(19)14-10-8-9-11-15-30/h17-19,30H,8-16H2,1-7H3,(H,27,31)(H,28,32)/t17-,18-,19?,25+,26?/m0/s1. The van der Waals surface area contributed by atoms with Crippen molar-refractivity contribution >= 4 is 29.5 Å². The number of unbranched alkanes of at least 4 members (excludes halogenated alkanes) is 3. The highest BCUT2D eigenvalue weighted by atomic mass is 32.2. The third-order valence-electron chi connectivity index (χ3n) is 7.79. The Labute approximate surface area is 209 Å². The molecule has 0 aromatic carbocycles. The quantitative estimate of drug-likeness (QED) is 0.405. The van der Waals surface area contributed by atoms with Crippen molar-refractivity contribution in [3.05, 3.63) is 0 Å². The molecule has 1 spiro atoms. The van der Waals surface area contributed by atoms with Crippen molar-refractivity contribution in [2.45, 2.75) is 108 Å². The number of hydrogen-bond acceptors (Lipinski definition) is 5. The summed E-state index contributed by atoms with van der Waals surface area (Å²) < 4.78 is -0.886. The van der Waals surface area contributed by atoms with Gasteiger partial charge in [-0.25, -0.2) is 0 Å². The molecule has 3 rings (SSSR count). The van der Waals surface area contributed by atoms with E-state index >= 15 is 0 Å². The van der Waals surface area contributed by atoms with Gasteiger partial charge in [0.25, 0.3) is 0 Å². The topological polar surface area (TPSA) is 98.7 Å². The lowest BCUT2D eigenvalue weighted by Crippen LogP contribution is -2.58. The van der Waals surface area contributed by atoms with Crippen LogP contribution in [0.5, 0.6) is 0 Å². The van der Waals surface area contributed by atoms with Gasteiger partial charge in [0, 0.05) is 30.5 Å². The molecule has 34 heavy (non-hydrogen) atoms. The summed E-state index contributed by atoms with van der Waals surface area (Å²) in [5.41, 5.74) is -0.362. The maximum Gasteiger partial charge on any atom is 0.244 e. The molecule has 3 heterocycles. The third-order valence-corrected chi connectivity index (χ3v) is 9.78. The fraction of sp³-hybridized carbons (Fsp3) is 0.885. The van der Waals surface area contributed by atoms with Gasteiger partial charge in [-0.1, -0.05) is 33.6 Å². The Hall–Kier alpha value is -1.28. The summed E-state index contributed by atoms with van der Waals surface area (Å²) in [5, 5.41) is 15.2. The van der Waals surface area contributed by atoms with E-state index in [1.807, 2.05) is 0 Å². The third kappa shape index (κ3) is 4.99. The number of fused-ring (bicyclic) bond motifs is 1. The molecule has 0 radical (unpaired) electrons. The molecule has 0 aliphatic carbocycles. The highest BCUT2D eigenvalue weighted by Crippen LogP contribution is 2.71. The zero-order chi connectivity index (χ0) is 25.5. The van der Waals surface area contributed by atoms with Gasteiger partial charge in [0.05, 0.1) is 16.6 Å². The Morgan fingerprint density at radius 3 is 2.32 bits per heavy atom. The van der Waals surface area contributed by atoms with E-state index in [1.54, 1.807) is 23.7 Å². The Kier molecular flexibility index (Phi) is 7.74. The lowest BCUT2D eigenvalue weighted by Gasteiger charge is -2.38. The zero-order valence-corrected chi connectivity index (χ0v) is 22.9. The summed E-state index contributed by atoms with van der Waals surface area (Å²) in [6.07, 6.45) is 5.76. The maximum atomic E-state index is 14.0. The minimum atomic E-state index is -0.566. The highest BCUT2D eigenvalue weighted by Gasteiger charge is 2.77. The first-order valence-electron chi connectivity index (χ1n) is 12.9. The van der Waals surface area contributed by atoms with E-state index in [9.17, 15) is 14.4 Å². The van der Waals surface area contributed by atoms with E-state index in [0.717, 1.165) is 44.9 Å². The van der Waals surface area contributed by atoms with Crippen LogP contribution in [0.4, 0.5) is 0 Å². The van der Waals surface area contributed by atoms with Gasteiger partial charge in [0.1, 0.15) is 6.04 Å². The molecular formula is C26H45N3O4S. The van der Waals surface area contributed by atoms with E-state index < -0.39 is 28.2 Å². The minimum absolute atomic E-state index is 0.0412. The van der Waals surface area contributed by atoms with Crippen molar-refractivity contribution in [1.82, 2.24) is 15.5 Å². The number of nitrogens with one attached hydrogen (secondary N) is 2. The van der Waals surface area contributed by atoms with E-state index in [-0.39, 0.29) is 34.5 Å². The van der Waals surface area contributed by atoms with Crippen LogP contribution in [-0.4, -0.2) is 69.0 Å². The molecule has 0 aromatic heterocycles. The Balaban J connectivity index is 1.92. The molecule has 7 nitrogen and oxygen atoms in total. The Morgan fingerprint density at radius 2 is 1.74 bits per heavy atom. The number of aliphatic hydroxyl groups is 1. The maximum absolute atomic E-state index is 14.0. The van der Waals surface area contributed by atoms with Crippen molar-refractivity contribution in [2.75, 3.05) is 20.2 Å². The molecule has 0 aromatic rings. The van der Waals surface area contributed by atoms with E-state index in [2.05, 4.69) is 52.2 Å². The Morgan fingerprint density at radius 1 is 1.09 bits per heavy atom. The molecule has 2 bridgehead atoms. The van der Waals surface area contributed by atoms with Gasteiger partial charge in [-0.2, -0.15) is 0 Å². The van der Waals surface area contributed by atoms with Gasteiger partial charge in [-0.3, -0.25) is 14.4 Å². The summed E-state index contributed by atoms with van der Waals surface area (Å²) in [5.74, 6) is -1.10. The van der Waals surface area contributed by atoms with Crippen molar-refractivity contribution in [3.8, 4) is 0 Å². The van der Waals surface area contributed by atoms with Gasteiger partial charge < -0.3 is 20.6 Å². The first-order valence-corrected chi connectivity index (χ1v) is 13.7. The van der Waals surface area contributed by atoms with Gasteiger partial charge in [0.15, 0.2) is 0 Å². The van der Waals surface area contributed by atoms with Crippen LogP contribution in [-0.2, 0) is 14.4 Å². The summed E-state index contributed by atoms with van der Waals surface area (Å²) in [4.78, 5) is 42.6. The molecule has 194 valence electrons. The molecule has 2 unspecified atom stereocenters. The first kappa shape index (κ1) is 27.3. The molecule has 3 amide bonds. The van der Waals surface area contributed by atoms with Crippen molar-refractivity contribution < 1.29 is 19.5 Å². The first-order chi connectivity index (χ1) is 15.7. The van der Waals surface area contributed by atoms with Crippen LogP contribution >= 0.6 is 11.8 Å². The van der Waals surface area contributed by atoms with Crippen LogP contribution < -0.4 is 10.6 Å². The number of hydrogen-bond donors (Lipinski definition) is 3. The number of likely N-dealkylation sites (tertiary alicyclic amines) is 1. The number of carbonyl (C=O) groups is 3. The number of rotatable bonds is 10. The van der Waals surface area contributed by atoms with Crippen LogP contribution in [0.15, 0.2) is 0 Å². The second-order valence-corrected chi connectivity index (χ2v) is 14.5. The fourth-order valence-corrected chi connectivity index (χ4v) is 9.40. The van der Waals surface area contributed by atoms with Crippen LogP contribution in [0, 0.1) is 17.3 Å². The normalized spacial score (nSPS) is 32.8. The summed E-state index contributed by atoms with van der Waals surface area (Å²) in [7, 11) is 1.63. The lowest BCUT2D eigenvalue weighted by molar-refractivity contribution is -0.140. The van der Waals surface area contributed by atoms with Gasteiger partial charge in [-0.15, -0.1) is 11.8 Å². The minimum Gasteiger partial charge on any atom is -0.396 e. The second kappa shape index (κ2) is 9.64. The number of amides is 3. The molecular weight excluding hydrogens is 450 g/mol. The lowest BCUT2D eigenvalue weighted by atomic mass is 9.66. The average molecular weight is 496 g/mol. The summed E-state index contributed by atoms with van der Waals surface area (Å²) in [6, 6.07) is -0.566. The predicted octanol–water partition coefficient (Wildman–Crippen LogP) is 3.10. The number of nitrogens with zero attached hydrogens (tertiary/aromatic N) is 1. The number of thioether (sulfide) groups is 1. The van der Waals surface area contributed by atoms with Gasteiger partial charge in [0.2, 0.25) is 17.7 Å². The molecule has 0 saturated carbocycles. The predicted molar refractivity (Wildman–Crippen MR) is 136 cm³/mol. The molecule has 3 N–H and O–H groups in total.